The molecule has 0 radical (unpaired) electrons. The summed E-state index contributed by atoms with van der Waals surface area (Å²) in [6.45, 7) is 1.84. The number of hydrogen-bond donors (Lipinski definition) is 0. The number of aromatic nitrogens is 3. The van der Waals surface area contributed by atoms with Gasteiger partial charge >= 0.3 is 0 Å². The predicted octanol–water partition coefficient (Wildman–Crippen LogP) is 4.42. The fourth-order valence-electron chi connectivity index (χ4n) is 2.05. The zero-order valence-electron chi connectivity index (χ0n) is 12.0. The molecule has 0 unspecified atom stereocenters. The number of imidazole rings is 1. The van der Waals surface area contributed by atoms with Crippen molar-refractivity contribution in [3.8, 4) is 17.5 Å². The average molecular weight is 346 g/mol. The standard InChI is InChI=1S/C17H10Cl2FN3/c1-11-22-13(3-2-12-6-7-21-17(19)8-12)10-23(11)14-4-5-16(20)15(18)9-14/h4-10H,1H3. The van der Waals surface area contributed by atoms with Gasteiger partial charge in [0.2, 0.25) is 0 Å². The molecule has 0 saturated carbocycles. The molecule has 23 heavy (non-hydrogen) atoms. The molecule has 0 atom stereocenters. The highest BCUT2D eigenvalue weighted by Crippen LogP contribution is 2.20. The van der Waals surface area contributed by atoms with Gasteiger partial charge in [-0.1, -0.05) is 29.1 Å². The third-order valence-corrected chi connectivity index (χ3v) is 3.62. The van der Waals surface area contributed by atoms with E-state index in [1.807, 2.05) is 6.92 Å². The van der Waals surface area contributed by atoms with Crippen LogP contribution in [-0.4, -0.2) is 14.5 Å². The van der Waals surface area contributed by atoms with E-state index < -0.39 is 5.82 Å². The molecule has 0 aliphatic rings. The Balaban J connectivity index is 1.94. The van der Waals surface area contributed by atoms with Crippen molar-refractivity contribution in [3.05, 3.63) is 75.8 Å². The molecule has 1 aromatic carbocycles. The molecular formula is C17H10Cl2FN3. The van der Waals surface area contributed by atoms with Crippen molar-refractivity contribution < 1.29 is 4.39 Å². The van der Waals surface area contributed by atoms with Crippen molar-refractivity contribution in [2.75, 3.05) is 0 Å². The normalized spacial score (nSPS) is 10.3. The van der Waals surface area contributed by atoms with Crippen LogP contribution >= 0.6 is 23.2 Å². The number of rotatable bonds is 1. The van der Waals surface area contributed by atoms with Gasteiger partial charge in [0.15, 0.2) is 0 Å². The molecule has 0 amide bonds. The highest BCUT2D eigenvalue weighted by molar-refractivity contribution is 6.30. The maximum atomic E-state index is 13.3. The quantitative estimate of drug-likeness (QED) is 0.482. The van der Waals surface area contributed by atoms with Crippen LogP contribution in [0.1, 0.15) is 17.1 Å². The Morgan fingerprint density at radius 1 is 1.13 bits per heavy atom. The van der Waals surface area contributed by atoms with Gasteiger partial charge in [0.25, 0.3) is 0 Å². The van der Waals surface area contributed by atoms with E-state index in [1.165, 1.54) is 6.07 Å². The minimum Gasteiger partial charge on any atom is -0.303 e. The van der Waals surface area contributed by atoms with Crippen LogP contribution in [0.3, 0.4) is 0 Å². The largest absolute Gasteiger partial charge is 0.303 e. The third kappa shape index (κ3) is 3.53. The number of pyridine rings is 1. The first-order chi connectivity index (χ1) is 11.0. The second-order valence-electron chi connectivity index (χ2n) is 4.76. The van der Waals surface area contributed by atoms with E-state index >= 15 is 0 Å². The van der Waals surface area contributed by atoms with Crippen LogP contribution < -0.4 is 0 Å². The highest BCUT2D eigenvalue weighted by Gasteiger charge is 2.07. The van der Waals surface area contributed by atoms with Crippen LogP contribution in [0.5, 0.6) is 0 Å². The van der Waals surface area contributed by atoms with E-state index in [4.69, 9.17) is 23.2 Å². The number of benzene rings is 1. The van der Waals surface area contributed by atoms with E-state index in [0.29, 0.717) is 10.8 Å². The highest BCUT2D eigenvalue weighted by atomic mass is 35.5. The van der Waals surface area contributed by atoms with Crippen LogP contribution in [0, 0.1) is 24.6 Å². The molecule has 0 fully saturated rings. The Hall–Kier alpha value is -2.35. The summed E-state index contributed by atoms with van der Waals surface area (Å²) in [7, 11) is 0. The van der Waals surface area contributed by atoms with E-state index in [0.717, 1.165) is 17.1 Å². The van der Waals surface area contributed by atoms with Crippen LogP contribution in [0.25, 0.3) is 5.69 Å². The van der Waals surface area contributed by atoms with Crippen LogP contribution in [-0.2, 0) is 0 Å². The fourth-order valence-corrected chi connectivity index (χ4v) is 2.39. The molecule has 2 heterocycles. The molecule has 0 bridgehead atoms. The lowest BCUT2D eigenvalue weighted by Gasteiger charge is -2.05. The monoisotopic (exact) mass is 345 g/mol. The average Bonchev–Trinajstić information content (AvgIpc) is 2.89. The van der Waals surface area contributed by atoms with Gasteiger partial charge < -0.3 is 4.57 Å². The van der Waals surface area contributed by atoms with Crippen LogP contribution in [0.2, 0.25) is 10.2 Å². The molecule has 0 N–H and O–H groups in total. The minimum atomic E-state index is -0.456. The lowest BCUT2D eigenvalue weighted by atomic mass is 10.2. The van der Waals surface area contributed by atoms with Crippen molar-refractivity contribution in [2.45, 2.75) is 6.92 Å². The second kappa shape index (κ2) is 6.41. The number of halogens is 3. The summed E-state index contributed by atoms with van der Waals surface area (Å²) in [5, 5.41) is 0.453. The van der Waals surface area contributed by atoms with Gasteiger partial charge in [-0.25, -0.2) is 14.4 Å². The molecule has 0 saturated heterocycles. The second-order valence-corrected chi connectivity index (χ2v) is 5.55. The first-order valence-corrected chi connectivity index (χ1v) is 7.43. The summed E-state index contributed by atoms with van der Waals surface area (Å²) in [6.07, 6.45) is 3.37. The number of hydrogen-bond acceptors (Lipinski definition) is 2. The molecule has 2 aromatic heterocycles. The maximum Gasteiger partial charge on any atom is 0.141 e. The molecule has 3 rings (SSSR count). The molecule has 3 aromatic rings. The molecule has 114 valence electrons. The van der Waals surface area contributed by atoms with Gasteiger partial charge in [0.1, 0.15) is 22.5 Å². The third-order valence-electron chi connectivity index (χ3n) is 3.13. The molecule has 0 aliphatic carbocycles. The molecular weight excluding hydrogens is 336 g/mol. The van der Waals surface area contributed by atoms with E-state index in [9.17, 15) is 4.39 Å². The molecule has 6 heteroatoms. The summed E-state index contributed by atoms with van der Waals surface area (Å²) in [6, 6.07) is 7.95. The van der Waals surface area contributed by atoms with Crippen molar-refractivity contribution in [2.24, 2.45) is 0 Å². The Labute approximate surface area is 142 Å². The van der Waals surface area contributed by atoms with E-state index in [2.05, 4.69) is 21.8 Å². The molecule has 0 aliphatic heterocycles. The summed E-state index contributed by atoms with van der Waals surface area (Å²) >= 11 is 11.6. The van der Waals surface area contributed by atoms with Crippen molar-refractivity contribution in [1.82, 2.24) is 14.5 Å². The van der Waals surface area contributed by atoms with Crippen LogP contribution in [0.4, 0.5) is 4.39 Å². The first kappa shape index (κ1) is 15.5. The summed E-state index contributed by atoms with van der Waals surface area (Å²) < 4.78 is 15.1. The van der Waals surface area contributed by atoms with E-state index in [-0.39, 0.29) is 5.02 Å². The SMILES string of the molecule is Cc1nc(C#Cc2ccnc(Cl)c2)cn1-c1ccc(F)c(Cl)c1. The van der Waals surface area contributed by atoms with Gasteiger partial charge in [-0.05, 0) is 43.2 Å². The zero-order valence-corrected chi connectivity index (χ0v) is 13.5. The van der Waals surface area contributed by atoms with Gasteiger partial charge in [-0.3, -0.25) is 0 Å². The Morgan fingerprint density at radius 3 is 2.70 bits per heavy atom. The number of aryl methyl sites for hydroxylation is 1. The van der Waals surface area contributed by atoms with Gasteiger partial charge in [-0.2, -0.15) is 0 Å². The smallest absolute Gasteiger partial charge is 0.141 e. The van der Waals surface area contributed by atoms with Crippen LogP contribution in [0.15, 0.2) is 42.7 Å². The van der Waals surface area contributed by atoms with Crippen molar-refractivity contribution >= 4 is 23.2 Å². The predicted molar refractivity (Wildman–Crippen MR) is 88.5 cm³/mol. The Morgan fingerprint density at radius 2 is 1.96 bits per heavy atom. The maximum absolute atomic E-state index is 13.3. The van der Waals surface area contributed by atoms with Crippen molar-refractivity contribution in [3.63, 3.8) is 0 Å². The van der Waals surface area contributed by atoms with Gasteiger partial charge in [0.05, 0.1) is 5.02 Å². The Bertz CT molecular complexity index is 938. The summed E-state index contributed by atoms with van der Waals surface area (Å²) in [5.74, 6) is 6.22. The molecule has 0 spiro atoms. The van der Waals surface area contributed by atoms with E-state index in [1.54, 1.807) is 41.2 Å². The van der Waals surface area contributed by atoms with Gasteiger partial charge in [0, 0.05) is 23.6 Å². The molecule has 3 nitrogen and oxygen atoms in total. The Kier molecular flexibility index (Phi) is 4.33. The summed E-state index contributed by atoms with van der Waals surface area (Å²) in [4.78, 5) is 8.28. The summed E-state index contributed by atoms with van der Waals surface area (Å²) in [5.41, 5.74) is 2.07. The number of nitrogens with zero attached hydrogens (tertiary/aromatic N) is 3. The minimum absolute atomic E-state index is 0.0645. The first-order valence-electron chi connectivity index (χ1n) is 6.68. The topological polar surface area (TPSA) is 30.7 Å². The fraction of sp³-hybridized carbons (Fsp3) is 0.0588. The lowest BCUT2D eigenvalue weighted by molar-refractivity contribution is 0.627. The lowest BCUT2D eigenvalue weighted by Crippen LogP contribution is -1.95. The zero-order chi connectivity index (χ0) is 16.4. The van der Waals surface area contributed by atoms with Crippen molar-refractivity contribution in [1.29, 1.82) is 0 Å². The van der Waals surface area contributed by atoms with Gasteiger partial charge in [-0.15, -0.1) is 0 Å².